The summed E-state index contributed by atoms with van der Waals surface area (Å²) < 4.78 is 42.7. The number of nitrogen functional groups attached to an aromatic ring is 1. The highest BCUT2D eigenvalue weighted by molar-refractivity contribution is 6.36. The molecule has 152 valence electrons. The monoisotopic (exact) mass is 438 g/mol. The Kier molecular flexibility index (Phi) is 4.94. The van der Waals surface area contributed by atoms with Gasteiger partial charge in [0.15, 0.2) is 11.6 Å². The minimum atomic E-state index is -1.50. The van der Waals surface area contributed by atoms with Gasteiger partial charge in [-0.3, -0.25) is 4.68 Å². The maximum atomic E-state index is 13.9. The molecule has 9 heteroatoms. The fourth-order valence-electron chi connectivity index (χ4n) is 3.08. The molecule has 0 saturated carbocycles. The molecule has 4 rings (SSSR count). The Bertz CT molecular complexity index is 1130. The Morgan fingerprint density at radius 1 is 1.38 bits per heavy atom. The van der Waals surface area contributed by atoms with E-state index in [9.17, 15) is 4.39 Å². The second kappa shape index (κ2) is 8.18. The third-order valence-corrected chi connectivity index (χ3v) is 5.34. The number of hydrogen-bond donors (Lipinski definition) is 1. The number of halogens is 3. The van der Waals surface area contributed by atoms with Crippen molar-refractivity contribution in [3.05, 3.63) is 58.2 Å². The molecule has 2 aromatic heterocycles. The maximum Gasteiger partial charge on any atom is 0.166 e. The molecule has 3 heterocycles. The number of hydrogen-bond acceptors (Lipinski definition) is 5. The maximum absolute atomic E-state index is 13.9. The van der Waals surface area contributed by atoms with Crippen LogP contribution in [0.1, 0.15) is 33.7 Å². The van der Waals surface area contributed by atoms with Crippen LogP contribution < -0.4 is 10.5 Å². The Morgan fingerprint density at radius 2 is 2.21 bits per heavy atom. The van der Waals surface area contributed by atoms with Crippen LogP contribution in [-0.4, -0.2) is 28.0 Å². The Labute approximate surface area is 180 Å². The first-order chi connectivity index (χ1) is 14.7. The van der Waals surface area contributed by atoms with Crippen molar-refractivity contribution in [2.24, 2.45) is 0 Å². The third kappa shape index (κ3) is 4.03. The van der Waals surface area contributed by atoms with Crippen LogP contribution in [-0.2, 0) is 4.74 Å². The number of nitrogens with zero attached hydrogens (tertiary/aromatic N) is 3. The van der Waals surface area contributed by atoms with Crippen molar-refractivity contribution < 1.29 is 16.6 Å². The summed E-state index contributed by atoms with van der Waals surface area (Å²) in [5.41, 5.74) is 7.66. The molecule has 0 radical (unpaired) electrons. The highest BCUT2D eigenvalue weighted by Gasteiger charge is 2.21. The molecule has 1 aliphatic heterocycles. The lowest BCUT2D eigenvalue weighted by molar-refractivity contribution is 0.184. The Morgan fingerprint density at radius 3 is 2.97 bits per heavy atom. The van der Waals surface area contributed by atoms with Crippen molar-refractivity contribution in [3.8, 4) is 16.9 Å². The lowest BCUT2D eigenvalue weighted by Gasteiger charge is -2.19. The normalized spacial score (nSPS) is 20.2. The van der Waals surface area contributed by atoms with Crippen molar-refractivity contribution in [2.45, 2.75) is 25.4 Å². The zero-order valence-electron chi connectivity index (χ0n) is 17.4. The van der Waals surface area contributed by atoms with E-state index in [0.717, 1.165) is 0 Å². The molecule has 2 atom stereocenters. The number of benzene rings is 1. The highest BCUT2D eigenvalue weighted by atomic mass is 35.5. The van der Waals surface area contributed by atoms with E-state index in [2.05, 4.69) is 10.1 Å². The van der Waals surface area contributed by atoms with E-state index in [1.54, 1.807) is 36.3 Å². The van der Waals surface area contributed by atoms with Crippen molar-refractivity contribution >= 4 is 29.0 Å². The van der Waals surface area contributed by atoms with E-state index in [1.807, 2.05) is 0 Å². The van der Waals surface area contributed by atoms with Gasteiger partial charge in [0, 0.05) is 43.5 Å². The number of rotatable bonds is 5. The van der Waals surface area contributed by atoms with E-state index >= 15 is 0 Å². The van der Waals surface area contributed by atoms with Crippen LogP contribution in [0.15, 0.2) is 36.8 Å². The van der Waals surface area contributed by atoms with Gasteiger partial charge in [0.25, 0.3) is 0 Å². The summed E-state index contributed by atoms with van der Waals surface area (Å²) >= 11 is 12.3. The van der Waals surface area contributed by atoms with Gasteiger partial charge in [-0.1, -0.05) is 23.2 Å². The molecule has 1 fully saturated rings. The van der Waals surface area contributed by atoms with Gasteiger partial charge in [0.1, 0.15) is 11.9 Å². The van der Waals surface area contributed by atoms with Gasteiger partial charge in [-0.15, -0.1) is 0 Å². The quantitative estimate of drug-likeness (QED) is 0.562. The molecule has 0 spiro atoms. The third-order valence-electron chi connectivity index (χ3n) is 4.62. The topological polar surface area (TPSA) is 75.2 Å². The molecule has 1 unspecified atom stereocenters. The molecule has 2 N–H and O–H groups in total. The largest absolute Gasteiger partial charge is 0.482 e. The van der Waals surface area contributed by atoms with Crippen molar-refractivity contribution in [2.75, 3.05) is 18.9 Å². The molecule has 1 saturated heterocycles. The van der Waals surface area contributed by atoms with Gasteiger partial charge in [0.05, 0.1) is 23.9 Å². The van der Waals surface area contributed by atoms with E-state index in [4.69, 9.17) is 41.2 Å². The first-order valence-electron chi connectivity index (χ1n) is 9.85. The second-order valence-electron chi connectivity index (χ2n) is 6.57. The van der Waals surface area contributed by atoms with Crippen LogP contribution in [0, 0.1) is 5.82 Å². The van der Waals surface area contributed by atoms with Crippen molar-refractivity contribution in [3.63, 3.8) is 0 Å². The minimum Gasteiger partial charge on any atom is -0.482 e. The first kappa shape index (κ1) is 17.5. The summed E-state index contributed by atoms with van der Waals surface area (Å²) in [4.78, 5) is 4.18. The fraction of sp³-hybridized carbons (Fsp3) is 0.300. The zero-order chi connectivity index (χ0) is 22.3. The predicted molar refractivity (Wildman–Crippen MR) is 110 cm³/mol. The molecule has 0 aliphatic carbocycles. The van der Waals surface area contributed by atoms with Crippen molar-refractivity contribution in [1.82, 2.24) is 14.8 Å². The first-order valence-corrected chi connectivity index (χ1v) is 9.61. The molecular formula is C20H19Cl2FN4O2. The number of ether oxygens (including phenoxy) is 2. The van der Waals surface area contributed by atoms with Gasteiger partial charge in [-0.25, -0.2) is 9.37 Å². The summed E-state index contributed by atoms with van der Waals surface area (Å²) in [6.07, 6.45) is 2.69. The molecule has 0 amide bonds. The van der Waals surface area contributed by atoms with Gasteiger partial charge in [-0.2, -0.15) is 5.10 Å². The number of anilines is 1. The van der Waals surface area contributed by atoms with Crippen molar-refractivity contribution in [1.29, 1.82) is 0 Å². The lowest BCUT2D eigenvalue weighted by atomic mass is 10.1. The minimum absolute atomic E-state index is 0.0252. The van der Waals surface area contributed by atoms with E-state index in [-0.39, 0.29) is 34.8 Å². The van der Waals surface area contributed by atoms with Gasteiger partial charge < -0.3 is 15.2 Å². The molecule has 29 heavy (non-hydrogen) atoms. The summed E-state index contributed by atoms with van der Waals surface area (Å²) in [7, 11) is 0. The predicted octanol–water partition coefficient (Wildman–Crippen LogP) is 5.07. The molecule has 1 aromatic carbocycles. The molecular weight excluding hydrogens is 418 g/mol. The van der Waals surface area contributed by atoms with Gasteiger partial charge in [0.2, 0.25) is 0 Å². The van der Waals surface area contributed by atoms with Crippen LogP contribution in [0.3, 0.4) is 0 Å². The zero-order valence-corrected chi connectivity index (χ0v) is 16.9. The fourth-order valence-corrected chi connectivity index (χ4v) is 3.76. The Hall–Kier alpha value is -2.35. The molecule has 6 nitrogen and oxygen atoms in total. The molecule has 1 aliphatic rings. The summed E-state index contributed by atoms with van der Waals surface area (Å²) in [5, 5.41) is 4.44. The summed E-state index contributed by atoms with van der Waals surface area (Å²) in [5.74, 6) is -0.180. The number of nitrogens with two attached hydrogens (primary N) is 1. The van der Waals surface area contributed by atoms with E-state index < -0.39 is 24.3 Å². The van der Waals surface area contributed by atoms with E-state index in [1.165, 1.54) is 12.1 Å². The average Bonchev–Trinajstić information content (AvgIpc) is 3.32. The van der Waals surface area contributed by atoms with Crippen LogP contribution in [0.5, 0.6) is 5.75 Å². The lowest BCUT2D eigenvalue weighted by Crippen LogP contribution is -2.08. The van der Waals surface area contributed by atoms with Gasteiger partial charge >= 0.3 is 0 Å². The highest BCUT2D eigenvalue weighted by Crippen LogP contribution is 2.37. The Balaban J connectivity index is 1.61. The van der Waals surface area contributed by atoms with Crippen LogP contribution >= 0.6 is 23.2 Å². The van der Waals surface area contributed by atoms with Crippen LogP contribution in [0.4, 0.5) is 10.2 Å². The smallest absolute Gasteiger partial charge is 0.166 e. The molecule has 0 bridgehead atoms. The molecule has 3 aromatic rings. The SMILES string of the molecule is [2H]C1([2H])COCC1n1cc(-c2cnc(N)c(O[C@H](C)c3c(Cl)ccc(F)c3Cl)c2)cn1. The number of aromatic nitrogens is 3. The number of pyridine rings is 1. The van der Waals surface area contributed by atoms with E-state index in [0.29, 0.717) is 16.7 Å². The standard InChI is InChI=1S/C20H19Cl2FN4O2/c1-11(18-15(21)2-3-16(23)19(18)22)29-17-6-12(7-25-20(17)24)13-8-26-27(9-13)14-4-5-28-10-14/h2-3,6-9,11,14H,4-5,10H2,1H3,(H2,24,25)/t11-,14?/m1/s1/i4D2. The van der Waals surface area contributed by atoms with Crippen LogP contribution in [0.25, 0.3) is 11.1 Å². The second-order valence-corrected chi connectivity index (χ2v) is 7.35. The summed E-state index contributed by atoms with van der Waals surface area (Å²) in [6, 6.07) is 3.76. The van der Waals surface area contributed by atoms with Crippen LogP contribution in [0.2, 0.25) is 10.0 Å². The van der Waals surface area contributed by atoms with Gasteiger partial charge in [-0.05, 0) is 31.5 Å². The summed E-state index contributed by atoms with van der Waals surface area (Å²) in [6.45, 7) is 1.95. The average molecular weight is 439 g/mol.